The molecular formula is C19H35N2O18P. The molecule has 234 valence electrons. The van der Waals surface area contributed by atoms with Gasteiger partial charge < -0.3 is 81.3 Å². The molecule has 3 aliphatic rings. The number of carboxylic acids is 1. The maximum Gasteiger partial charge on any atom is 0.474 e. The van der Waals surface area contributed by atoms with Crippen LogP contribution in [-0.4, -0.2) is 162 Å². The van der Waals surface area contributed by atoms with Crippen molar-refractivity contribution in [3.05, 3.63) is 0 Å². The molecule has 40 heavy (non-hydrogen) atoms. The Bertz CT molecular complexity index is 918. The summed E-state index contributed by atoms with van der Waals surface area (Å²) in [6.07, 6.45) is -20.5. The predicted molar refractivity (Wildman–Crippen MR) is 121 cm³/mol. The van der Waals surface area contributed by atoms with E-state index in [1.165, 1.54) is 0 Å². The van der Waals surface area contributed by atoms with E-state index >= 15 is 0 Å². The van der Waals surface area contributed by atoms with Gasteiger partial charge in [0, 0.05) is 6.42 Å². The number of hydrogen-bond acceptors (Lipinski definition) is 18. The van der Waals surface area contributed by atoms with Crippen LogP contribution < -0.4 is 11.5 Å². The van der Waals surface area contributed by atoms with E-state index in [9.17, 15) is 60.2 Å². The molecule has 0 saturated carbocycles. The maximum absolute atomic E-state index is 12.4. The van der Waals surface area contributed by atoms with Gasteiger partial charge in [-0.2, -0.15) is 0 Å². The molecule has 0 bridgehead atoms. The molecule has 0 amide bonds. The molecule has 0 aromatic carbocycles. The first-order valence-electron chi connectivity index (χ1n) is 11.9. The fourth-order valence-electron chi connectivity index (χ4n) is 4.25. The summed E-state index contributed by atoms with van der Waals surface area (Å²) in [5.74, 6) is -4.91. The van der Waals surface area contributed by atoms with Crippen molar-refractivity contribution < 1.29 is 88.2 Å². The molecule has 0 aromatic rings. The molecule has 3 rings (SSSR count). The lowest BCUT2D eigenvalue weighted by Crippen LogP contribution is -2.66. The van der Waals surface area contributed by atoms with E-state index in [0.717, 1.165) is 0 Å². The second-order valence-corrected chi connectivity index (χ2v) is 11.0. The highest BCUT2D eigenvalue weighted by molar-refractivity contribution is 7.47. The fourth-order valence-corrected chi connectivity index (χ4v) is 5.09. The van der Waals surface area contributed by atoms with Crippen LogP contribution in [0.4, 0.5) is 0 Å². The minimum atomic E-state index is -5.08. The molecule has 0 aliphatic carbocycles. The van der Waals surface area contributed by atoms with Crippen LogP contribution in [0.1, 0.15) is 6.42 Å². The minimum absolute atomic E-state index is 0.332. The highest BCUT2D eigenvalue weighted by Crippen LogP contribution is 2.46. The second-order valence-electron chi connectivity index (χ2n) is 9.61. The first-order chi connectivity index (χ1) is 18.5. The number of aliphatic hydroxyl groups is 8. The van der Waals surface area contributed by atoms with Gasteiger partial charge in [0.15, 0.2) is 12.6 Å². The molecule has 21 heteroatoms. The molecule has 15 atom stereocenters. The Morgan fingerprint density at radius 2 is 1.70 bits per heavy atom. The van der Waals surface area contributed by atoms with E-state index < -0.39 is 119 Å². The Hall–Kier alpha value is -0.980. The third kappa shape index (κ3) is 7.32. The number of carboxylic acid groups (broad SMARTS) is 1. The number of ether oxygens (including phenoxy) is 4. The van der Waals surface area contributed by atoms with Gasteiger partial charge in [0.2, 0.25) is 0 Å². The Balaban J connectivity index is 1.69. The third-order valence-electron chi connectivity index (χ3n) is 6.64. The average Bonchev–Trinajstić information content (AvgIpc) is 2.89. The largest absolute Gasteiger partial charge is 0.477 e. The molecule has 0 spiro atoms. The van der Waals surface area contributed by atoms with Crippen LogP contribution >= 0.6 is 7.82 Å². The monoisotopic (exact) mass is 610 g/mol. The normalized spacial score (nSPS) is 46.9. The minimum Gasteiger partial charge on any atom is -0.477 e. The summed E-state index contributed by atoms with van der Waals surface area (Å²) in [5, 5.41) is 89.8. The van der Waals surface area contributed by atoms with E-state index in [1.807, 2.05) is 0 Å². The lowest BCUT2D eigenvalue weighted by molar-refractivity contribution is -0.342. The molecule has 20 nitrogen and oxygen atoms in total. The quantitative estimate of drug-likeness (QED) is 0.102. The average molecular weight is 610 g/mol. The standard InChI is InChI=1S/C19H35N2O18P/c20-5-3-34-17(14(28)10(5)24)39-40(32,33)35-4-8-11(25)13(27)9(21)16(37-8)36-7-1-19(31,18(29)30)38-15(12(7)26)6(23)2-22/h5-17,22-28,31H,1-4,20-21H2,(H,29,30)(H,32,33)/t5-,6+,7+,8+,9+,10-,11+,12+,13+,14+,15+,16-,17+,19?/m0/s1. The van der Waals surface area contributed by atoms with Crippen molar-refractivity contribution in [2.75, 3.05) is 19.8 Å². The number of rotatable bonds is 10. The van der Waals surface area contributed by atoms with Crippen LogP contribution in [0.15, 0.2) is 0 Å². The van der Waals surface area contributed by atoms with Crippen molar-refractivity contribution in [1.29, 1.82) is 0 Å². The number of hydrogen-bond donors (Lipinski definition) is 12. The fraction of sp³-hybridized carbons (Fsp3) is 0.947. The number of phosphoric acid groups is 1. The summed E-state index contributed by atoms with van der Waals surface area (Å²) < 4.78 is 42.6. The van der Waals surface area contributed by atoms with Crippen molar-refractivity contribution in [1.82, 2.24) is 0 Å². The molecule has 0 radical (unpaired) electrons. The molecule has 3 heterocycles. The van der Waals surface area contributed by atoms with Crippen molar-refractivity contribution >= 4 is 13.8 Å². The summed E-state index contributed by atoms with van der Waals surface area (Å²) in [6.45, 7) is -2.29. The third-order valence-corrected chi connectivity index (χ3v) is 7.59. The van der Waals surface area contributed by atoms with Crippen molar-refractivity contribution in [2.45, 2.75) is 91.8 Å². The summed E-state index contributed by atoms with van der Waals surface area (Å²) in [7, 11) is -5.08. The number of nitrogens with two attached hydrogens (primary N) is 2. The number of aliphatic hydroxyl groups excluding tert-OH is 7. The molecule has 3 saturated heterocycles. The molecular weight excluding hydrogens is 575 g/mol. The van der Waals surface area contributed by atoms with Crippen LogP contribution in [0.25, 0.3) is 0 Å². The summed E-state index contributed by atoms with van der Waals surface area (Å²) >= 11 is 0. The van der Waals surface area contributed by atoms with Gasteiger partial charge in [0.05, 0.1) is 38.0 Å². The van der Waals surface area contributed by atoms with E-state index in [-0.39, 0.29) is 6.61 Å². The van der Waals surface area contributed by atoms with Gasteiger partial charge in [-0.25, -0.2) is 9.36 Å². The Kier molecular flexibility index (Phi) is 11.0. The van der Waals surface area contributed by atoms with Crippen molar-refractivity contribution in [3.63, 3.8) is 0 Å². The topological polar surface area (TPSA) is 344 Å². The van der Waals surface area contributed by atoms with Crippen LogP contribution in [0, 0.1) is 0 Å². The van der Waals surface area contributed by atoms with Crippen LogP contribution in [0.2, 0.25) is 0 Å². The van der Waals surface area contributed by atoms with E-state index in [2.05, 4.69) is 0 Å². The van der Waals surface area contributed by atoms with Gasteiger partial charge in [-0.3, -0.25) is 9.05 Å². The van der Waals surface area contributed by atoms with E-state index in [4.69, 9.17) is 39.5 Å². The van der Waals surface area contributed by atoms with Gasteiger partial charge in [0.25, 0.3) is 5.79 Å². The number of phosphoric ester groups is 1. The maximum atomic E-state index is 12.4. The Morgan fingerprint density at radius 1 is 1.05 bits per heavy atom. The highest BCUT2D eigenvalue weighted by Gasteiger charge is 2.55. The first kappa shape index (κ1) is 33.5. The Morgan fingerprint density at radius 3 is 2.30 bits per heavy atom. The molecule has 3 fully saturated rings. The predicted octanol–water partition coefficient (Wildman–Crippen LogP) is -7.04. The van der Waals surface area contributed by atoms with Crippen molar-refractivity contribution in [3.8, 4) is 0 Å². The first-order valence-corrected chi connectivity index (χ1v) is 13.4. The zero-order chi connectivity index (χ0) is 30.2. The summed E-state index contributed by atoms with van der Waals surface area (Å²) in [5.41, 5.74) is 11.3. The van der Waals surface area contributed by atoms with Crippen molar-refractivity contribution in [2.24, 2.45) is 11.5 Å². The van der Waals surface area contributed by atoms with Gasteiger partial charge >= 0.3 is 13.8 Å². The highest BCUT2D eigenvalue weighted by atomic mass is 31.2. The zero-order valence-corrected chi connectivity index (χ0v) is 21.6. The zero-order valence-electron chi connectivity index (χ0n) is 20.7. The lowest BCUT2D eigenvalue weighted by atomic mass is 9.92. The SMILES string of the molecule is N[C@H]1[C@@H](O[C@@H]2CC(O)(C(=O)O)O[C@H]([C@H](O)CO)[C@@H]2O)O[C@H](COP(=O)(O)O[C@H]2OC[C@H](N)[C@H](O)[C@H]2O)[C@@H](O)[C@@H]1O. The molecule has 14 N–H and O–H groups in total. The Labute approximate surface area is 225 Å². The van der Waals surface area contributed by atoms with E-state index in [0.29, 0.717) is 0 Å². The molecule has 3 aliphatic heterocycles. The second kappa shape index (κ2) is 13.1. The lowest BCUT2D eigenvalue weighted by Gasteiger charge is -2.46. The van der Waals surface area contributed by atoms with Crippen LogP contribution in [0.3, 0.4) is 0 Å². The van der Waals surface area contributed by atoms with Gasteiger partial charge in [-0.15, -0.1) is 0 Å². The smallest absolute Gasteiger partial charge is 0.474 e. The van der Waals surface area contributed by atoms with E-state index in [1.54, 1.807) is 0 Å². The number of carbonyl (C=O) groups is 1. The molecule has 2 unspecified atom stereocenters. The van der Waals surface area contributed by atoms with Gasteiger partial charge in [-0.1, -0.05) is 0 Å². The van der Waals surface area contributed by atoms with Gasteiger partial charge in [-0.05, 0) is 0 Å². The summed E-state index contributed by atoms with van der Waals surface area (Å²) in [4.78, 5) is 21.6. The van der Waals surface area contributed by atoms with Gasteiger partial charge in [0.1, 0.15) is 48.8 Å². The number of aliphatic carboxylic acids is 1. The molecule has 0 aromatic heterocycles. The summed E-state index contributed by atoms with van der Waals surface area (Å²) in [6, 6.07) is -2.56. The van der Waals surface area contributed by atoms with Crippen LogP contribution in [0.5, 0.6) is 0 Å². The van der Waals surface area contributed by atoms with Crippen LogP contribution in [-0.2, 0) is 37.4 Å².